The van der Waals surface area contributed by atoms with Gasteiger partial charge in [-0.2, -0.15) is 5.26 Å². The Morgan fingerprint density at radius 3 is 3.07 bits per heavy atom. The van der Waals surface area contributed by atoms with E-state index in [1.807, 2.05) is 6.07 Å². The second kappa shape index (κ2) is 4.17. The van der Waals surface area contributed by atoms with Crippen molar-refractivity contribution in [1.29, 1.82) is 5.26 Å². The molecule has 0 atom stereocenters. The summed E-state index contributed by atoms with van der Waals surface area (Å²) in [6, 6.07) is 6.34. The third-order valence-electron chi connectivity index (χ3n) is 1.97. The van der Waals surface area contributed by atoms with Crippen molar-refractivity contribution in [1.82, 2.24) is 0 Å². The topological polar surface area (TPSA) is 23.8 Å². The molecule has 2 aromatic rings. The van der Waals surface area contributed by atoms with E-state index in [4.69, 9.17) is 5.26 Å². The van der Waals surface area contributed by atoms with E-state index >= 15 is 0 Å². The van der Waals surface area contributed by atoms with Crippen LogP contribution in [-0.2, 0) is 6.42 Å². The van der Waals surface area contributed by atoms with Crippen molar-refractivity contribution >= 4 is 59.9 Å². The van der Waals surface area contributed by atoms with Crippen molar-refractivity contribution in [2.45, 2.75) is 6.42 Å². The largest absolute Gasteiger partial charge is 0.198 e. The Morgan fingerprint density at radius 2 is 2.36 bits per heavy atom. The number of fused-ring (bicyclic) bond motifs is 1. The fourth-order valence-electron chi connectivity index (χ4n) is 1.34. The van der Waals surface area contributed by atoms with E-state index in [1.165, 1.54) is 13.7 Å². The van der Waals surface area contributed by atoms with Gasteiger partial charge in [-0.3, -0.25) is 0 Å². The molecule has 0 saturated carbocycles. The lowest BCUT2D eigenvalue weighted by molar-refractivity contribution is 1.25. The van der Waals surface area contributed by atoms with E-state index in [2.05, 4.69) is 56.0 Å². The van der Waals surface area contributed by atoms with Crippen molar-refractivity contribution < 1.29 is 0 Å². The molecule has 0 unspecified atom stereocenters. The molecule has 0 saturated heterocycles. The molecule has 0 fully saturated rings. The van der Waals surface area contributed by atoms with Gasteiger partial charge in [-0.25, -0.2) is 0 Å². The summed E-state index contributed by atoms with van der Waals surface area (Å²) in [5.41, 5.74) is 1.10. The van der Waals surface area contributed by atoms with Crippen LogP contribution in [0.5, 0.6) is 0 Å². The lowest BCUT2D eigenvalue weighted by Gasteiger charge is -2.03. The predicted octanol–water partition coefficient (Wildman–Crippen LogP) is 4.33. The Hall–Kier alpha value is -0.120. The molecule has 0 aliphatic rings. The maximum atomic E-state index is 8.69. The minimum atomic E-state index is 0.475. The van der Waals surface area contributed by atoms with Crippen LogP contribution in [0.4, 0.5) is 0 Å². The lowest BCUT2D eigenvalue weighted by Crippen LogP contribution is -1.87. The molecule has 0 radical (unpaired) electrons. The Balaban J connectivity index is 2.76. The number of thiophene rings is 1. The predicted molar refractivity (Wildman–Crippen MR) is 71.6 cm³/mol. The zero-order valence-corrected chi connectivity index (χ0v) is 11.6. The van der Waals surface area contributed by atoms with E-state index in [0.717, 1.165) is 10.0 Å². The van der Waals surface area contributed by atoms with Crippen LogP contribution in [0, 0.1) is 14.9 Å². The molecule has 1 nitrogen and oxygen atoms in total. The molecular formula is C10H5BrINS. The highest BCUT2D eigenvalue weighted by molar-refractivity contribution is 14.1. The van der Waals surface area contributed by atoms with Gasteiger partial charge in [-0.05, 0) is 61.6 Å². The number of halogens is 2. The number of rotatable bonds is 1. The Bertz CT molecular complexity index is 527. The first-order valence-electron chi connectivity index (χ1n) is 3.95. The molecule has 0 N–H and O–H groups in total. The van der Waals surface area contributed by atoms with Crippen molar-refractivity contribution in [3.8, 4) is 6.07 Å². The van der Waals surface area contributed by atoms with Crippen LogP contribution in [-0.4, -0.2) is 0 Å². The van der Waals surface area contributed by atoms with Crippen LogP contribution >= 0.6 is 49.9 Å². The van der Waals surface area contributed by atoms with Crippen LogP contribution in [0.3, 0.4) is 0 Å². The summed E-state index contributed by atoms with van der Waals surface area (Å²) in [4.78, 5) is 0. The van der Waals surface area contributed by atoms with Gasteiger partial charge in [0.25, 0.3) is 0 Å². The Kier molecular flexibility index (Phi) is 3.10. The molecule has 70 valence electrons. The molecular weight excluding hydrogens is 373 g/mol. The van der Waals surface area contributed by atoms with Crippen LogP contribution in [0.15, 0.2) is 22.0 Å². The Labute approximate surface area is 108 Å². The third-order valence-corrected chi connectivity index (χ3v) is 5.08. The number of hydrogen-bond donors (Lipinski definition) is 0. The molecule has 0 spiro atoms. The summed E-state index contributed by atoms with van der Waals surface area (Å²) in [6.45, 7) is 0. The smallest absolute Gasteiger partial charge is 0.0670 e. The molecule has 14 heavy (non-hydrogen) atoms. The molecule has 1 heterocycles. The summed E-state index contributed by atoms with van der Waals surface area (Å²) < 4.78 is 3.55. The lowest BCUT2D eigenvalue weighted by atomic mass is 10.1. The van der Waals surface area contributed by atoms with Gasteiger partial charge < -0.3 is 0 Å². The van der Waals surface area contributed by atoms with Gasteiger partial charge in [0.05, 0.1) is 12.5 Å². The minimum Gasteiger partial charge on any atom is -0.198 e. The summed E-state index contributed by atoms with van der Waals surface area (Å²) in [6.07, 6.45) is 0.475. The van der Waals surface area contributed by atoms with Crippen LogP contribution in [0.1, 0.15) is 5.56 Å². The third kappa shape index (κ3) is 1.69. The summed E-state index contributed by atoms with van der Waals surface area (Å²) in [7, 11) is 0. The van der Waals surface area contributed by atoms with Crippen LogP contribution < -0.4 is 0 Å². The van der Waals surface area contributed by atoms with E-state index in [0.29, 0.717) is 6.42 Å². The Morgan fingerprint density at radius 1 is 1.57 bits per heavy atom. The van der Waals surface area contributed by atoms with Gasteiger partial charge in [0.15, 0.2) is 0 Å². The molecule has 0 aliphatic carbocycles. The molecule has 1 aromatic carbocycles. The highest BCUT2D eigenvalue weighted by atomic mass is 127. The fraction of sp³-hybridized carbons (Fsp3) is 0.100. The zero-order chi connectivity index (χ0) is 10.1. The van der Waals surface area contributed by atoms with E-state index in [1.54, 1.807) is 11.3 Å². The van der Waals surface area contributed by atoms with E-state index in [9.17, 15) is 0 Å². The molecule has 2 rings (SSSR count). The minimum absolute atomic E-state index is 0.475. The molecule has 0 aliphatic heterocycles. The highest BCUT2D eigenvalue weighted by Crippen LogP contribution is 2.34. The van der Waals surface area contributed by atoms with Crippen LogP contribution in [0.2, 0.25) is 0 Å². The first-order valence-corrected chi connectivity index (χ1v) is 6.70. The maximum Gasteiger partial charge on any atom is 0.0670 e. The van der Waals surface area contributed by atoms with Gasteiger partial charge in [0.1, 0.15) is 0 Å². The van der Waals surface area contributed by atoms with Gasteiger partial charge in [0.2, 0.25) is 0 Å². The highest BCUT2D eigenvalue weighted by Gasteiger charge is 2.09. The van der Waals surface area contributed by atoms with E-state index in [-0.39, 0.29) is 0 Å². The molecule has 1 aromatic heterocycles. The summed E-state index contributed by atoms with van der Waals surface area (Å²) >= 11 is 7.56. The first-order chi connectivity index (χ1) is 6.74. The number of benzene rings is 1. The zero-order valence-electron chi connectivity index (χ0n) is 7.05. The number of nitrogens with zero attached hydrogens (tertiary/aromatic N) is 1. The van der Waals surface area contributed by atoms with Crippen molar-refractivity contribution in [2.24, 2.45) is 0 Å². The summed E-state index contributed by atoms with van der Waals surface area (Å²) in [5.74, 6) is 0. The average Bonchev–Trinajstić information content (AvgIpc) is 2.63. The fourth-order valence-corrected chi connectivity index (χ4v) is 3.89. The quantitative estimate of drug-likeness (QED) is 0.678. The molecule has 4 heteroatoms. The van der Waals surface area contributed by atoms with Gasteiger partial charge in [-0.15, -0.1) is 11.3 Å². The molecule has 0 amide bonds. The SMILES string of the molecule is N#CCc1cc(Br)c2sccc2c1I. The maximum absolute atomic E-state index is 8.69. The van der Waals surface area contributed by atoms with Crippen molar-refractivity contribution in [3.63, 3.8) is 0 Å². The standard InChI is InChI=1S/C10H5BrINS/c11-8-5-6(1-3-13)9(12)7-2-4-14-10(7)8/h2,4-5H,1H2. The second-order valence-corrected chi connectivity index (χ2v) is 5.68. The number of hydrogen-bond acceptors (Lipinski definition) is 2. The normalized spacial score (nSPS) is 10.4. The number of nitriles is 1. The van der Waals surface area contributed by atoms with Gasteiger partial charge in [-0.1, -0.05) is 0 Å². The van der Waals surface area contributed by atoms with Crippen molar-refractivity contribution in [3.05, 3.63) is 31.1 Å². The summed E-state index contributed by atoms with van der Waals surface area (Å²) in [5, 5.41) is 12.0. The van der Waals surface area contributed by atoms with Crippen LogP contribution in [0.25, 0.3) is 10.1 Å². The average molecular weight is 378 g/mol. The van der Waals surface area contributed by atoms with E-state index < -0.39 is 0 Å². The van der Waals surface area contributed by atoms with Gasteiger partial charge in [0, 0.05) is 18.1 Å². The first kappa shape index (κ1) is 10.4. The molecule has 0 bridgehead atoms. The van der Waals surface area contributed by atoms with Crippen molar-refractivity contribution in [2.75, 3.05) is 0 Å². The monoisotopic (exact) mass is 377 g/mol. The second-order valence-electron chi connectivity index (χ2n) is 2.83. The van der Waals surface area contributed by atoms with Gasteiger partial charge >= 0.3 is 0 Å².